The lowest BCUT2D eigenvalue weighted by Crippen LogP contribution is -2.41. The Morgan fingerprint density at radius 3 is 2.70 bits per heavy atom. The predicted molar refractivity (Wildman–Crippen MR) is 79.1 cm³/mol. The van der Waals surface area contributed by atoms with E-state index in [-0.39, 0.29) is 4.90 Å². The number of nitrogens with zero attached hydrogens (tertiary/aromatic N) is 2. The SMILES string of the molecule is CC(C)N(CC1CCCN1)c1ccc(S(N)(=O)=O)cn1. The molecule has 0 aromatic carbocycles. The highest BCUT2D eigenvalue weighted by atomic mass is 32.2. The Hall–Kier alpha value is -1.18. The maximum absolute atomic E-state index is 11.2. The molecule has 0 amide bonds. The highest BCUT2D eigenvalue weighted by molar-refractivity contribution is 7.89. The smallest absolute Gasteiger partial charge is 0.239 e. The predicted octanol–water partition coefficient (Wildman–Crippen LogP) is 0.696. The Bertz CT molecular complexity index is 536. The van der Waals surface area contributed by atoms with Gasteiger partial charge in [-0.1, -0.05) is 0 Å². The van der Waals surface area contributed by atoms with Crippen molar-refractivity contribution in [1.29, 1.82) is 0 Å². The number of hydrogen-bond donors (Lipinski definition) is 2. The summed E-state index contributed by atoms with van der Waals surface area (Å²) >= 11 is 0. The first-order chi connectivity index (χ1) is 9.38. The minimum absolute atomic E-state index is 0.0453. The Morgan fingerprint density at radius 2 is 2.25 bits per heavy atom. The average Bonchev–Trinajstić information content (AvgIpc) is 2.87. The summed E-state index contributed by atoms with van der Waals surface area (Å²) in [6.07, 6.45) is 3.69. The van der Waals surface area contributed by atoms with Crippen molar-refractivity contribution in [2.45, 2.75) is 43.7 Å². The van der Waals surface area contributed by atoms with E-state index in [1.807, 2.05) is 0 Å². The molecule has 1 saturated heterocycles. The Morgan fingerprint density at radius 1 is 1.50 bits per heavy atom. The van der Waals surface area contributed by atoms with Crippen LogP contribution >= 0.6 is 0 Å². The fourth-order valence-electron chi connectivity index (χ4n) is 2.43. The second kappa shape index (κ2) is 6.07. The van der Waals surface area contributed by atoms with Crippen LogP contribution in [-0.4, -0.2) is 38.6 Å². The van der Waals surface area contributed by atoms with Crippen molar-refractivity contribution in [2.75, 3.05) is 18.0 Å². The summed E-state index contributed by atoms with van der Waals surface area (Å²) in [5.74, 6) is 0.779. The summed E-state index contributed by atoms with van der Waals surface area (Å²) in [4.78, 5) is 6.47. The number of hydrogen-bond acceptors (Lipinski definition) is 5. The Labute approximate surface area is 120 Å². The number of nitrogens with two attached hydrogens (primary N) is 1. The monoisotopic (exact) mass is 298 g/mol. The van der Waals surface area contributed by atoms with Crippen molar-refractivity contribution >= 4 is 15.8 Å². The standard InChI is InChI=1S/C13H22N4O2S/c1-10(2)17(9-11-4-3-7-15-11)13-6-5-12(8-16-13)20(14,18)19/h5-6,8,10-11,15H,3-4,7,9H2,1-2H3,(H2,14,18,19). The molecule has 2 rings (SSSR count). The summed E-state index contributed by atoms with van der Waals surface area (Å²) in [6.45, 7) is 6.14. The Balaban J connectivity index is 2.16. The Kier molecular flexibility index (Phi) is 4.62. The molecular formula is C13H22N4O2S. The summed E-state index contributed by atoms with van der Waals surface area (Å²) in [6, 6.07) is 3.99. The molecule has 1 fully saturated rings. The summed E-state index contributed by atoms with van der Waals surface area (Å²) in [7, 11) is -3.68. The number of sulfonamides is 1. The van der Waals surface area contributed by atoms with Crippen molar-refractivity contribution < 1.29 is 8.42 Å². The third kappa shape index (κ3) is 3.68. The molecule has 7 heteroatoms. The molecular weight excluding hydrogens is 276 g/mol. The summed E-state index contributed by atoms with van der Waals surface area (Å²) < 4.78 is 22.5. The highest BCUT2D eigenvalue weighted by Crippen LogP contribution is 2.18. The van der Waals surface area contributed by atoms with E-state index in [9.17, 15) is 8.42 Å². The van der Waals surface area contributed by atoms with Gasteiger partial charge in [-0.05, 0) is 45.4 Å². The average molecular weight is 298 g/mol. The molecule has 2 heterocycles. The summed E-state index contributed by atoms with van der Waals surface area (Å²) in [5, 5.41) is 8.55. The van der Waals surface area contributed by atoms with Crippen LogP contribution in [0.25, 0.3) is 0 Å². The molecule has 1 aliphatic rings. The van der Waals surface area contributed by atoms with E-state index in [1.165, 1.54) is 25.1 Å². The van der Waals surface area contributed by atoms with Gasteiger partial charge in [0, 0.05) is 24.8 Å². The zero-order valence-corrected chi connectivity index (χ0v) is 12.7. The highest BCUT2D eigenvalue weighted by Gasteiger charge is 2.21. The van der Waals surface area contributed by atoms with Crippen LogP contribution in [0.2, 0.25) is 0 Å². The number of aromatic nitrogens is 1. The van der Waals surface area contributed by atoms with Crippen LogP contribution in [0.3, 0.4) is 0 Å². The van der Waals surface area contributed by atoms with Crippen LogP contribution in [0.1, 0.15) is 26.7 Å². The van der Waals surface area contributed by atoms with Gasteiger partial charge < -0.3 is 10.2 Å². The minimum Gasteiger partial charge on any atom is -0.353 e. The zero-order chi connectivity index (χ0) is 14.8. The van der Waals surface area contributed by atoms with Crippen LogP contribution < -0.4 is 15.4 Å². The molecule has 3 N–H and O–H groups in total. The molecule has 1 atom stereocenters. The van der Waals surface area contributed by atoms with E-state index in [4.69, 9.17) is 5.14 Å². The largest absolute Gasteiger partial charge is 0.353 e. The quantitative estimate of drug-likeness (QED) is 0.835. The number of pyridine rings is 1. The first-order valence-electron chi connectivity index (χ1n) is 6.87. The molecule has 6 nitrogen and oxygen atoms in total. The van der Waals surface area contributed by atoms with E-state index in [1.54, 1.807) is 6.07 Å². The maximum atomic E-state index is 11.2. The van der Waals surface area contributed by atoms with Crippen LogP contribution in [0.5, 0.6) is 0 Å². The maximum Gasteiger partial charge on any atom is 0.239 e. The van der Waals surface area contributed by atoms with Gasteiger partial charge in [-0.2, -0.15) is 0 Å². The zero-order valence-electron chi connectivity index (χ0n) is 11.9. The van der Waals surface area contributed by atoms with Gasteiger partial charge in [-0.3, -0.25) is 0 Å². The lowest BCUT2D eigenvalue weighted by atomic mass is 10.2. The number of anilines is 1. The van der Waals surface area contributed by atoms with Crippen molar-refractivity contribution in [3.05, 3.63) is 18.3 Å². The summed E-state index contributed by atoms with van der Waals surface area (Å²) in [5.41, 5.74) is 0. The van der Waals surface area contributed by atoms with Gasteiger partial charge in [0.05, 0.1) is 0 Å². The molecule has 1 aliphatic heterocycles. The van der Waals surface area contributed by atoms with Crippen LogP contribution in [0.4, 0.5) is 5.82 Å². The number of rotatable bonds is 5. The van der Waals surface area contributed by atoms with E-state index < -0.39 is 10.0 Å². The lowest BCUT2D eigenvalue weighted by Gasteiger charge is -2.30. The fraction of sp³-hybridized carbons (Fsp3) is 0.615. The van der Waals surface area contributed by atoms with E-state index in [0.717, 1.165) is 18.9 Å². The molecule has 0 spiro atoms. The number of nitrogens with one attached hydrogen (secondary N) is 1. The first kappa shape index (κ1) is 15.2. The van der Waals surface area contributed by atoms with Crippen molar-refractivity contribution in [1.82, 2.24) is 10.3 Å². The lowest BCUT2D eigenvalue weighted by molar-refractivity contribution is 0.548. The van der Waals surface area contributed by atoms with Crippen molar-refractivity contribution in [3.63, 3.8) is 0 Å². The molecule has 0 radical (unpaired) electrons. The van der Waals surface area contributed by atoms with Gasteiger partial charge in [0.25, 0.3) is 0 Å². The number of primary sulfonamides is 1. The minimum atomic E-state index is -3.68. The van der Waals surface area contributed by atoms with Crippen molar-refractivity contribution in [2.24, 2.45) is 5.14 Å². The molecule has 0 aliphatic carbocycles. The molecule has 0 saturated carbocycles. The third-order valence-electron chi connectivity index (χ3n) is 3.55. The second-order valence-electron chi connectivity index (χ2n) is 5.44. The molecule has 112 valence electrons. The topological polar surface area (TPSA) is 88.3 Å². The third-order valence-corrected chi connectivity index (χ3v) is 4.44. The first-order valence-corrected chi connectivity index (χ1v) is 8.41. The van der Waals surface area contributed by atoms with Gasteiger partial charge >= 0.3 is 0 Å². The normalized spacial score (nSPS) is 19.5. The molecule has 20 heavy (non-hydrogen) atoms. The van der Waals surface area contributed by atoms with Gasteiger partial charge in [0.2, 0.25) is 10.0 Å². The van der Waals surface area contributed by atoms with Gasteiger partial charge in [0.15, 0.2) is 0 Å². The van der Waals surface area contributed by atoms with Crippen molar-refractivity contribution in [3.8, 4) is 0 Å². The van der Waals surface area contributed by atoms with E-state index >= 15 is 0 Å². The molecule has 1 aromatic heterocycles. The fourth-order valence-corrected chi connectivity index (χ4v) is 2.89. The van der Waals surface area contributed by atoms with Gasteiger partial charge in [-0.25, -0.2) is 18.5 Å². The van der Waals surface area contributed by atoms with Crippen LogP contribution in [0.15, 0.2) is 23.2 Å². The molecule has 1 aromatic rings. The second-order valence-corrected chi connectivity index (χ2v) is 7.00. The van der Waals surface area contributed by atoms with Crippen LogP contribution in [-0.2, 0) is 10.0 Å². The molecule has 1 unspecified atom stereocenters. The van der Waals surface area contributed by atoms with E-state index in [0.29, 0.717) is 12.1 Å². The van der Waals surface area contributed by atoms with Gasteiger partial charge in [-0.15, -0.1) is 0 Å². The molecule has 0 bridgehead atoms. The van der Waals surface area contributed by atoms with E-state index in [2.05, 4.69) is 29.0 Å². The van der Waals surface area contributed by atoms with Gasteiger partial charge in [0.1, 0.15) is 10.7 Å². The van der Waals surface area contributed by atoms with Crippen LogP contribution in [0, 0.1) is 0 Å².